The van der Waals surface area contributed by atoms with E-state index in [9.17, 15) is 15.0 Å². The summed E-state index contributed by atoms with van der Waals surface area (Å²) in [6.07, 6.45) is 8.37. The maximum Gasteiger partial charge on any atom is 0.181 e. The third-order valence-corrected chi connectivity index (χ3v) is 5.50. The Kier molecular flexibility index (Phi) is 5.03. The molecule has 2 N–H and O–H groups in total. The van der Waals surface area contributed by atoms with Crippen molar-refractivity contribution in [1.82, 2.24) is 0 Å². The van der Waals surface area contributed by atoms with Gasteiger partial charge in [-0.25, -0.2) is 0 Å². The minimum absolute atomic E-state index is 0.0648. The standard InChI is InChI=1S/C20H30O3/c1-13-6-7-16-17(19(16,3)4)11-14(2)18(22)8-9-20(5,23)12-15(21)10-13/h8-11,15-17,21,23H,6-7,12H2,1-5H3/b9-8-,13-10+,14-11+. The Morgan fingerprint density at radius 2 is 1.83 bits per heavy atom. The van der Waals surface area contributed by atoms with E-state index in [1.807, 2.05) is 19.9 Å². The number of carbonyl (C=O) groups excluding carboxylic acids is 1. The summed E-state index contributed by atoms with van der Waals surface area (Å²) in [6.45, 7) is 10.0. The van der Waals surface area contributed by atoms with E-state index < -0.39 is 11.7 Å². The largest absolute Gasteiger partial charge is 0.389 e. The van der Waals surface area contributed by atoms with Gasteiger partial charge in [-0.05, 0) is 68.6 Å². The second-order valence-electron chi connectivity index (χ2n) is 8.18. The highest BCUT2D eigenvalue weighted by Gasteiger charge is 2.55. The SMILES string of the molecule is C/C1=C\C(O)CC(C)(O)/C=C\C(=O)/C(C)=C/C2C(CC1)C2(C)C. The van der Waals surface area contributed by atoms with Crippen LogP contribution in [0, 0.1) is 17.3 Å². The predicted molar refractivity (Wildman–Crippen MR) is 92.9 cm³/mol. The quantitative estimate of drug-likeness (QED) is 0.671. The topological polar surface area (TPSA) is 57.5 Å². The number of allylic oxidation sites excluding steroid dienone is 4. The Balaban J connectivity index is 2.29. The van der Waals surface area contributed by atoms with Crippen molar-refractivity contribution >= 4 is 5.78 Å². The lowest BCUT2D eigenvalue weighted by Crippen LogP contribution is -2.27. The highest BCUT2D eigenvalue weighted by Crippen LogP contribution is 2.61. The molecule has 3 heteroatoms. The van der Waals surface area contributed by atoms with Crippen LogP contribution in [0.3, 0.4) is 0 Å². The van der Waals surface area contributed by atoms with Crippen LogP contribution in [0.2, 0.25) is 0 Å². The Hall–Kier alpha value is -1.19. The number of aliphatic hydroxyl groups is 2. The van der Waals surface area contributed by atoms with Crippen molar-refractivity contribution in [2.24, 2.45) is 17.3 Å². The van der Waals surface area contributed by atoms with Crippen LogP contribution in [-0.2, 0) is 4.79 Å². The molecule has 0 saturated heterocycles. The molecule has 0 spiro atoms. The van der Waals surface area contributed by atoms with Gasteiger partial charge in [-0.2, -0.15) is 0 Å². The molecule has 2 aliphatic rings. The lowest BCUT2D eigenvalue weighted by atomic mass is 9.94. The molecule has 1 fully saturated rings. The van der Waals surface area contributed by atoms with Gasteiger partial charge < -0.3 is 10.2 Å². The van der Waals surface area contributed by atoms with Gasteiger partial charge in [0.1, 0.15) is 0 Å². The van der Waals surface area contributed by atoms with Crippen LogP contribution < -0.4 is 0 Å². The molecule has 0 bridgehead atoms. The maximum absolute atomic E-state index is 12.2. The van der Waals surface area contributed by atoms with Gasteiger partial charge in [-0.3, -0.25) is 4.79 Å². The van der Waals surface area contributed by atoms with Crippen LogP contribution in [0.1, 0.15) is 53.9 Å². The smallest absolute Gasteiger partial charge is 0.181 e. The number of hydrogen-bond donors (Lipinski definition) is 2. The first kappa shape index (κ1) is 18.2. The van der Waals surface area contributed by atoms with Crippen LogP contribution >= 0.6 is 0 Å². The van der Waals surface area contributed by atoms with Crippen molar-refractivity contribution in [2.75, 3.05) is 0 Å². The first-order valence-corrected chi connectivity index (χ1v) is 8.52. The molecule has 3 nitrogen and oxygen atoms in total. The Labute approximate surface area is 139 Å². The van der Waals surface area contributed by atoms with E-state index in [2.05, 4.69) is 19.9 Å². The number of hydrogen-bond acceptors (Lipinski definition) is 3. The molecular formula is C20H30O3. The van der Waals surface area contributed by atoms with Crippen LogP contribution in [0.4, 0.5) is 0 Å². The number of rotatable bonds is 0. The molecule has 0 amide bonds. The van der Waals surface area contributed by atoms with Crippen LogP contribution in [0.15, 0.2) is 35.5 Å². The number of ketones is 1. The zero-order chi connectivity index (χ0) is 17.4. The molecule has 4 unspecified atom stereocenters. The van der Waals surface area contributed by atoms with Gasteiger partial charge >= 0.3 is 0 Å². The molecular weight excluding hydrogens is 288 g/mol. The van der Waals surface area contributed by atoms with E-state index in [0.717, 1.165) is 24.0 Å². The number of carbonyl (C=O) groups is 1. The lowest BCUT2D eigenvalue weighted by molar-refractivity contribution is -0.111. The van der Waals surface area contributed by atoms with E-state index in [1.165, 1.54) is 12.2 Å². The fourth-order valence-electron chi connectivity index (χ4n) is 3.75. The molecule has 0 radical (unpaired) electrons. The van der Waals surface area contributed by atoms with Gasteiger partial charge in [0.15, 0.2) is 5.78 Å². The first-order chi connectivity index (χ1) is 10.5. The average Bonchev–Trinajstić information content (AvgIpc) is 2.92. The lowest BCUT2D eigenvalue weighted by Gasteiger charge is -2.21. The minimum atomic E-state index is -1.20. The summed E-state index contributed by atoms with van der Waals surface area (Å²) < 4.78 is 0. The average molecular weight is 318 g/mol. The summed E-state index contributed by atoms with van der Waals surface area (Å²) in [5, 5.41) is 20.5. The Morgan fingerprint density at radius 1 is 1.17 bits per heavy atom. The summed E-state index contributed by atoms with van der Waals surface area (Å²) in [5.41, 5.74) is 0.933. The maximum atomic E-state index is 12.2. The van der Waals surface area contributed by atoms with Crippen molar-refractivity contribution < 1.29 is 15.0 Å². The molecule has 0 aromatic carbocycles. The molecule has 1 saturated carbocycles. The zero-order valence-corrected chi connectivity index (χ0v) is 15.0. The second-order valence-corrected chi connectivity index (χ2v) is 8.18. The summed E-state index contributed by atoms with van der Waals surface area (Å²) in [6, 6.07) is 0. The van der Waals surface area contributed by atoms with Crippen molar-refractivity contribution in [2.45, 2.75) is 65.6 Å². The fourth-order valence-corrected chi connectivity index (χ4v) is 3.75. The van der Waals surface area contributed by atoms with Crippen LogP contribution in [0.25, 0.3) is 0 Å². The predicted octanol–water partition coefficient (Wildman–Crippen LogP) is 3.57. The highest BCUT2D eigenvalue weighted by atomic mass is 16.3. The monoisotopic (exact) mass is 318 g/mol. The molecule has 0 heterocycles. The molecule has 128 valence electrons. The van der Waals surface area contributed by atoms with Gasteiger partial charge in [0.25, 0.3) is 0 Å². The zero-order valence-electron chi connectivity index (χ0n) is 15.0. The first-order valence-electron chi connectivity index (χ1n) is 8.52. The molecule has 2 rings (SSSR count). The summed E-state index contributed by atoms with van der Waals surface area (Å²) in [4.78, 5) is 12.2. The highest BCUT2D eigenvalue weighted by molar-refractivity contribution is 6.03. The molecule has 4 atom stereocenters. The van der Waals surface area contributed by atoms with E-state index >= 15 is 0 Å². The molecule has 2 aliphatic carbocycles. The summed E-state index contributed by atoms with van der Waals surface area (Å²) in [7, 11) is 0. The third kappa shape index (κ3) is 4.42. The number of aliphatic hydroxyl groups excluding tert-OH is 1. The molecule has 0 aromatic rings. The van der Waals surface area contributed by atoms with Gasteiger partial charge in [-0.1, -0.05) is 31.6 Å². The van der Waals surface area contributed by atoms with Crippen molar-refractivity contribution in [3.05, 3.63) is 35.5 Å². The second kappa shape index (κ2) is 6.37. The van der Waals surface area contributed by atoms with Crippen molar-refractivity contribution in [1.29, 1.82) is 0 Å². The number of fused-ring (bicyclic) bond motifs is 1. The van der Waals surface area contributed by atoms with Gasteiger partial charge in [-0.15, -0.1) is 0 Å². The molecule has 0 aliphatic heterocycles. The van der Waals surface area contributed by atoms with E-state index in [1.54, 1.807) is 6.92 Å². The third-order valence-electron chi connectivity index (χ3n) is 5.50. The van der Waals surface area contributed by atoms with Crippen molar-refractivity contribution in [3.63, 3.8) is 0 Å². The normalized spacial score (nSPS) is 44.1. The van der Waals surface area contributed by atoms with E-state index in [0.29, 0.717) is 11.8 Å². The summed E-state index contributed by atoms with van der Waals surface area (Å²) in [5.74, 6) is 0.951. The Bertz CT molecular complexity index is 563. The van der Waals surface area contributed by atoms with E-state index in [4.69, 9.17) is 0 Å². The summed E-state index contributed by atoms with van der Waals surface area (Å²) >= 11 is 0. The van der Waals surface area contributed by atoms with Crippen LogP contribution in [0.5, 0.6) is 0 Å². The van der Waals surface area contributed by atoms with Gasteiger partial charge in [0.05, 0.1) is 11.7 Å². The Morgan fingerprint density at radius 3 is 2.48 bits per heavy atom. The molecule has 23 heavy (non-hydrogen) atoms. The van der Waals surface area contributed by atoms with Crippen LogP contribution in [-0.4, -0.2) is 27.7 Å². The molecule has 0 aromatic heterocycles. The van der Waals surface area contributed by atoms with Crippen molar-refractivity contribution in [3.8, 4) is 0 Å². The van der Waals surface area contributed by atoms with Gasteiger partial charge in [0, 0.05) is 6.42 Å². The minimum Gasteiger partial charge on any atom is -0.389 e. The van der Waals surface area contributed by atoms with Gasteiger partial charge in [0.2, 0.25) is 0 Å². The fraction of sp³-hybridized carbons (Fsp3) is 0.650. The van der Waals surface area contributed by atoms with E-state index in [-0.39, 0.29) is 17.6 Å².